The minimum Gasteiger partial charge on any atom is -0.379 e. The zero-order valence-electron chi connectivity index (χ0n) is 10.3. The third-order valence-corrected chi connectivity index (χ3v) is 3.55. The first-order chi connectivity index (χ1) is 9.06. The molecule has 19 heavy (non-hydrogen) atoms. The van der Waals surface area contributed by atoms with Crippen LogP contribution in [0.2, 0.25) is 0 Å². The maximum Gasteiger partial charge on any atom is 0.269 e. The van der Waals surface area contributed by atoms with E-state index in [1.807, 2.05) is 31.2 Å². The predicted molar refractivity (Wildman–Crippen MR) is 84.3 cm³/mol. The molecule has 0 aliphatic carbocycles. The molecule has 2 aromatic carbocycles. The Kier molecular flexibility index (Phi) is 4.36. The molecule has 0 aromatic heterocycles. The van der Waals surface area contributed by atoms with Crippen molar-refractivity contribution in [2.24, 2.45) is 0 Å². The number of nitro groups is 1. The van der Waals surface area contributed by atoms with E-state index in [4.69, 9.17) is 0 Å². The van der Waals surface area contributed by atoms with Crippen molar-refractivity contribution >= 4 is 34.0 Å². The molecule has 0 heterocycles. The summed E-state index contributed by atoms with van der Waals surface area (Å²) in [5.74, 6) is 0. The molecule has 2 rings (SSSR count). The standard InChI is InChI=1S/C14H13IN2O2/c1-10(16-13-6-4-12(15)5-7-13)11-2-8-14(9-3-11)17(18)19/h2-10,16H,1H3. The molecule has 2 aromatic rings. The van der Waals surface area contributed by atoms with Gasteiger partial charge in [-0.15, -0.1) is 0 Å². The number of nitrogens with zero attached hydrogens (tertiary/aromatic N) is 1. The summed E-state index contributed by atoms with van der Waals surface area (Å²) in [6.07, 6.45) is 0. The van der Waals surface area contributed by atoms with E-state index in [1.165, 1.54) is 15.7 Å². The molecule has 0 saturated carbocycles. The van der Waals surface area contributed by atoms with E-state index < -0.39 is 0 Å². The number of benzene rings is 2. The molecular formula is C14H13IN2O2. The second-order valence-corrected chi connectivity index (χ2v) is 5.47. The summed E-state index contributed by atoms with van der Waals surface area (Å²) >= 11 is 2.26. The van der Waals surface area contributed by atoms with Crippen LogP contribution in [0.15, 0.2) is 48.5 Å². The predicted octanol–water partition coefficient (Wildman–Crippen LogP) is 4.37. The lowest BCUT2D eigenvalue weighted by Crippen LogP contribution is -2.06. The van der Waals surface area contributed by atoms with Crippen LogP contribution in [0.3, 0.4) is 0 Å². The van der Waals surface area contributed by atoms with Gasteiger partial charge in [0.25, 0.3) is 5.69 Å². The van der Waals surface area contributed by atoms with Crippen molar-refractivity contribution in [2.45, 2.75) is 13.0 Å². The fourth-order valence-electron chi connectivity index (χ4n) is 1.76. The van der Waals surface area contributed by atoms with Gasteiger partial charge < -0.3 is 5.32 Å². The molecule has 0 radical (unpaired) electrons. The van der Waals surface area contributed by atoms with Gasteiger partial charge in [-0.1, -0.05) is 12.1 Å². The van der Waals surface area contributed by atoms with E-state index in [9.17, 15) is 10.1 Å². The first kappa shape index (κ1) is 13.8. The number of rotatable bonds is 4. The van der Waals surface area contributed by atoms with Gasteiger partial charge in [-0.25, -0.2) is 0 Å². The second-order valence-electron chi connectivity index (χ2n) is 4.22. The van der Waals surface area contributed by atoms with Crippen molar-refractivity contribution in [3.63, 3.8) is 0 Å². The van der Waals surface area contributed by atoms with E-state index in [2.05, 4.69) is 27.9 Å². The summed E-state index contributed by atoms with van der Waals surface area (Å²) < 4.78 is 1.19. The van der Waals surface area contributed by atoms with Gasteiger partial charge in [0.2, 0.25) is 0 Å². The molecule has 0 bridgehead atoms. The van der Waals surface area contributed by atoms with Crippen molar-refractivity contribution in [2.75, 3.05) is 5.32 Å². The average molecular weight is 368 g/mol. The molecule has 0 aliphatic heterocycles. The van der Waals surface area contributed by atoms with Gasteiger partial charge in [-0.3, -0.25) is 10.1 Å². The maximum atomic E-state index is 10.6. The maximum absolute atomic E-state index is 10.6. The minimum absolute atomic E-state index is 0.0980. The first-order valence-electron chi connectivity index (χ1n) is 5.83. The summed E-state index contributed by atoms with van der Waals surface area (Å²) in [6, 6.07) is 14.8. The topological polar surface area (TPSA) is 55.2 Å². The number of nitro benzene ring substituents is 1. The van der Waals surface area contributed by atoms with Crippen LogP contribution in [0.1, 0.15) is 18.5 Å². The Bertz CT molecular complexity index is 567. The highest BCUT2D eigenvalue weighted by Gasteiger charge is 2.08. The summed E-state index contributed by atoms with van der Waals surface area (Å²) in [4.78, 5) is 10.2. The fraction of sp³-hybridized carbons (Fsp3) is 0.143. The van der Waals surface area contributed by atoms with Crippen LogP contribution in [0, 0.1) is 13.7 Å². The van der Waals surface area contributed by atoms with E-state index in [-0.39, 0.29) is 16.7 Å². The van der Waals surface area contributed by atoms with Crippen molar-refractivity contribution in [1.29, 1.82) is 0 Å². The lowest BCUT2D eigenvalue weighted by molar-refractivity contribution is -0.384. The van der Waals surface area contributed by atoms with Gasteiger partial charge in [0.05, 0.1) is 4.92 Å². The van der Waals surface area contributed by atoms with Crippen molar-refractivity contribution in [3.05, 3.63) is 67.8 Å². The average Bonchev–Trinajstić information content (AvgIpc) is 2.41. The van der Waals surface area contributed by atoms with Gasteiger partial charge >= 0.3 is 0 Å². The Morgan fingerprint density at radius 2 is 1.68 bits per heavy atom. The molecule has 5 heteroatoms. The molecule has 0 spiro atoms. The van der Waals surface area contributed by atoms with Gasteiger partial charge in [0.1, 0.15) is 0 Å². The fourth-order valence-corrected chi connectivity index (χ4v) is 2.12. The van der Waals surface area contributed by atoms with Crippen LogP contribution in [0.5, 0.6) is 0 Å². The summed E-state index contributed by atoms with van der Waals surface area (Å²) in [6.45, 7) is 2.03. The van der Waals surface area contributed by atoms with Gasteiger partial charge in [0.15, 0.2) is 0 Å². The highest BCUT2D eigenvalue weighted by atomic mass is 127. The number of non-ortho nitro benzene ring substituents is 1. The van der Waals surface area contributed by atoms with E-state index >= 15 is 0 Å². The minimum atomic E-state index is -0.388. The quantitative estimate of drug-likeness (QED) is 0.495. The molecule has 0 aliphatic rings. The smallest absolute Gasteiger partial charge is 0.269 e. The van der Waals surface area contributed by atoms with E-state index in [0.717, 1.165) is 11.3 Å². The van der Waals surface area contributed by atoms with Crippen LogP contribution in [-0.2, 0) is 0 Å². The van der Waals surface area contributed by atoms with Gasteiger partial charge in [-0.05, 0) is 59.3 Å². The largest absolute Gasteiger partial charge is 0.379 e. The molecule has 0 amide bonds. The molecule has 0 fully saturated rings. The molecule has 1 unspecified atom stereocenters. The zero-order valence-corrected chi connectivity index (χ0v) is 12.5. The van der Waals surface area contributed by atoms with Gasteiger partial charge in [0, 0.05) is 27.4 Å². The van der Waals surface area contributed by atoms with Crippen molar-refractivity contribution in [3.8, 4) is 0 Å². The Morgan fingerprint density at radius 3 is 2.21 bits per heavy atom. The van der Waals surface area contributed by atoms with Crippen molar-refractivity contribution in [1.82, 2.24) is 0 Å². The zero-order chi connectivity index (χ0) is 13.8. The Labute approximate surface area is 125 Å². The Morgan fingerprint density at radius 1 is 1.11 bits per heavy atom. The second kappa shape index (κ2) is 6.01. The molecule has 4 nitrogen and oxygen atoms in total. The number of nitrogens with one attached hydrogen (secondary N) is 1. The molecule has 98 valence electrons. The molecule has 1 N–H and O–H groups in total. The monoisotopic (exact) mass is 368 g/mol. The molecule has 1 atom stereocenters. The van der Waals surface area contributed by atoms with E-state index in [1.54, 1.807) is 12.1 Å². The number of hydrogen-bond donors (Lipinski definition) is 1. The highest BCUT2D eigenvalue weighted by Crippen LogP contribution is 2.22. The first-order valence-corrected chi connectivity index (χ1v) is 6.90. The third kappa shape index (κ3) is 3.66. The molecular weight excluding hydrogens is 355 g/mol. The van der Waals surface area contributed by atoms with Crippen LogP contribution >= 0.6 is 22.6 Å². The number of halogens is 1. The lowest BCUT2D eigenvalue weighted by atomic mass is 10.1. The number of anilines is 1. The summed E-state index contributed by atoms with van der Waals surface area (Å²) in [7, 11) is 0. The van der Waals surface area contributed by atoms with Crippen molar-refractivity contribution < 1.29 is 4.92 Å². The highest BCUT2D eigenvalue weighted by molar-refractivity contribution is 14.1. The van der Waals surface area contributed by atoms with Crippen LogP contribution in [0.4, 0.5) is 11.4 Å². The summed E-state index contributed by atoms with van der Waals surface area (Å²) in [5, 5.41) is 14.0. The van der Waals surface area contributed by atoms with Crippen LogP contribution in [0.25, 0.3) is 0 Å². The lowest BCUT2D eigenvalue weighted by Gasteiger charge is -2.15. The summed E-state index contributed by atoms with van der Waals surface area (Å²) in [5.41, 5.74) is 2.17. The SMILES string of the molecule is CC(Nc1ccc(I)cc1)c1ccc([N+](=O)[O-])cc1. The molecule has 0 saturated heterocycles. The third-order valence-electron chi connectivity index (χ3n) is 2.83. The normalized spacial score (nSPS) is 11.9. The Balaban J connectivity index is 2.09. The number of hydrogen-bond acceptors (Lipinski definition) is 3. The van der Waals surface area contributed by atoms with E-state index in [0.29, 0.717) is 0 Å². The van der Waals surface area contributed by atoms with Crippen LogP contribution < -0.4 is 5.32 Å². The Hall–Kier alpha value is -1.63. The van der Waals surface area contributed by atoms with Gasteiger partial charge in [-0.2, -0.15) is 0 Å². The van der Waals surface area contributed by atoms with Crippen LogP contribution in [-0.4, -0.2) is 4.92 Å².